The quantitative estimate of drug-likeness (QED) is 0.652. The zero-order chi connectivity index (χ0) is 14.3. The Hall–Kier alpha value is -1.20. The van der Waals surface area contributed by atoms with Gasteiger partial charge in [0.15, 0.2) is 0 Å². The highest BCUT2D eigenvalue weighted by molar-refractivity contribution is 5.45. The number of nitrogens with two attached hydrogens (primary N) is 1. The van der Waals surface area contributed by atoms with Crippen LogP contribution >= 0.6 is 0 Å². The Balaban J connectivity index is 1.90. The molecule has 2 saturated heterocycles. The summed E-state index contributed by atoms with van der Waals surface area (Å²) < 4.78 is 0. The second-order valence-corrected chi connectivity index (χ2v) is 6.21. The number of anilines is 1. The van der Waals surface area contributed by atoms with Gasteiger partial charge in [-0.3, -0.25) is 0 Å². The van der Waals surface area contributed by atoms with Gasteiger partial charge in [-0.15, -0.1) is 0 Å². The number of aromatic nitrogens is 2. The first kappa shape index (κ1) is 13.8. The zero-order valence-electron chi connectivity index (χ0n) is 12.7. The molecule has 0 radical (unpaired) electrons. The van der Waals surface area contributed by atoms with Gasteiger partial charge in [-0.25, -0.2) is 15.8 Å². The molecule has 0 amide bonds. The Morgan fingerprint density at radius 3 is 2.45 bits per heavy atom. The molecular formula is C15H25N5. The molecule has 0 aromatic carbocycles. The fourth-order valence-corrected chi connectivity index (χ4v) is 3.97. The predicted molar refractivity (Wildman–Crippen MR) is 80.5 cm³/mol. The summed E-state index contributed by atoms with van der Waals surface area (Å²) in [5.41, 5.74) is 4.95. The zero-order valence-corrected chi connectivity index (χ0v) is 12.7. The van der Waals surface area contributed by atoms with Crippen molar-refractivity contribution in [1.29, 1.82) is 0 Å². The molecule has 2 atom stereocenters. The average molecular weight is 275 g/mol. The molecule has 5 heteroatoms. The number of rotatable bonds is 3. The number of aryl methyl sites for hydroxylation is 1. The van der Waals surface area contributed by atoms with Crippen molar-refractivity contribution in [3.05, 3.63) is 17.1 Å². The van der Waals surface area contributed by atoms with Gasteiger partial charge in [-0.05, 0) is 46.1 Å². The predicted octanol–water partition coefficient (Wildman–Crippen LogP) is 1.97. The minimum Gasteiger partial charge on any atom is -0.308 e. The van der Waals surface area contributed by atoms with Crippen LogP contribution in [0.25, 0.3) is 0 Å². The van der Waals surface area contributed by atoms with Crippen LogP contribution in [0.5, 0.6) is 0 Å². The summed E-state index contributed by atoms with van der Waals surface area (Å²) in [5, 5.41) is 0. The Morgan fingerprint density at radius 2 is 1.90 bits per heavy atom. The van der Waals surface area contributed by atoms with E-state index >= 15 is 0 Å². The molecule has 110 valence electrons. The third-order valence-corrected chi connectivity index (χ3v) is 5.18. The molecule has 0 spiro atoms. The molecule has 2 aliphatic heterocycles. The molecule has 3 heterocycles. The van der Waals surface area contributed by atoms with Gasteiger partial charge in [-0.1, -0.05) is 6.92 Å². The van der Waals surface area contributed by atoms with Gasteiger partial charge in [0, 0.05) is 29.3 Å². The van der Waals surface area contributed by atoms with E-state index in [1.54, 1.807) is 0 Å². The normalized spacial score (nSPS) is 29.7. The lowest BCUT2D eigenvalue weighted by Gasteiger charge is -2.35. The van der Waals surface area contributed by atoms with Crippen molar-refractivity contribution in [2.24, 2.45) is 5.84 Å². The van der Waals surface area contributed by atoms with Crippen LogP contribution in [0, 0.1) is 6.92 Å². The molecule has 5 nitrogen and oxygen atoms in total. The van der Waals surface area contributed by atoms with Crippen molar-refractivity contribution in [2.75, 3.05) is 12.5 Å². The largest absolute Gasteiger partial charge is 0.308 e. The number of fused-ring (bicyclic) bond motifs is 2. The first-order valence-electron chi connectivity index (χ1n) is 7.70. The lowest BCUT2D eigenvalue weighted by atomic mass is 9.90. The van der Waals surface area contributed by atoms with Gasteiger partial charge >= 0.3 is 0 Å². The van der Waals surface area contributed by atoms with Crippen molar-refractivity contribution < 1.29 is 0 Å². The highest BCUT2D eigenvalue weighted by Crippen LogP contribution is 2.41. The molecule has 1 aromatic rings. The maximum Gasteiger partial charge on any atom is 0.147 e. The van der Waals surface area contributed by atoms with Crippen LogP contribution in [-0.4, -0.2) is 34.0 Å². The van der Waals surface area contributed by atoms with Crippen LogP contribution in [0.3, 0.4) is 0 Å². The molecule has 0 aliphatic carbocycles. The summed E-state index contributed by atoms with van der Waals surface area (Å²) in [6.45, 7) is 4.18. The van der Waals surface area contributed by atoms with Gasteiger partial charge in [0.2, 0.25) is 0 Å². The first-order valence-corrected chi connectivity index (χ1v) is 7.70. The van der Waals surface area contributed by atoms with Crippen LogP contribution < -0.4 is 11.3 Å². The molecule has 2 bridgehead atoms. The van der Waals surface area contributed by atoms with E-state index in [9.17, 15) is 0 Å². The molecule has 2 fully saturated rings. The van der Waals surface area contributed by atoms with Crippen molar-refractivity contribution in [3.63, 3.8) is 0 Å². The SMILES string of the molecule is CCc1c(C)nc(C2CC3CCC(C2)N3C)nc1NN. The molecular weight excluding hydrogens is 250 g/mol. The monoisotopic (exact) mass is 275 g/mol. The fourth-order valence-electron chi connectivity index (χ4n) is 3.97. The van der Waals surface area contributed by atoms with E-state index < -0.39 is 0 Å². The highest BCUT2D eigenvalue weighted by atomic mass is 15.3. The minimum absolute atomic E-state index is 0.486. The van der Waals surface area contributed by atoms with E-state index in [0.29, 0.717) is 18.0 Å². The van der Waals surface area contributed by atoms with E-state index in [-0.39, 0.29) is 0 Å². The number of piperidine rings is 1. The number of nitrogens with zero attached hydrogens (tertiary/aromatic N) is 3. The van der Waals surface area contributed by atoms with Crippen LogP contribution in [0.4, 0.5) is 5.82 Å². The number of nitrogen functional groups attached to an aromatic ring is 1. The number of hydrogen-bond donors (Lipinski definition) is 2. The van der Waals surface area contributed by atoms with E-state index in [1.807, 2.05) is 0 Å². The third kappa shape index (κ3) is 2.19. The number of hydrogen-bond acceptors (Lipinski definition) is 5. The summed E-state index contributed by atoms with van der Waals surface area (Å²) >= 11 is 0. The van der Waals surface area contributed by atoms with E-state index in [2.05, 4.69) is 31.2 Å². The topological polar surface area (TPSA) is 67.1 Å². The second-order valence-electron chi connectivity index (χ2n) is 6.21. The molecule has 3 rings (SSSR count). The maximum atomic E-state index is 5.63. The van der Waals surface area contributed by atoms with Gasteiger partial charge in [-0.2, -0.15) is 0 Å². The summed E-state index contributed by atoms with van der Waals surface area (Å²) in [4.78, 5) is 12.0. The van der Waals surface area contributed by atoms with Crippen LogP contribution in [-0.2, 0) is 6.42 Å². The Bertz CT molecular complexity index is 487. The number of nitrogens with one attached hydrogen (secondary N) is 1. The summed E-state index contributed by atoms with van der Waals surface area (Å²) in [7, 11) is 2.26. The number of hydrazine groups is 1. The van der Waals surface area contributed by atoms with Crippen LogP contribution in [0.2, 0.25) is 0 Å². The minimum atomic E-state index is 0.486. The molecule has 0 saturated carbocycles. The van der Waals surface area contributed by atoms with Gasteiger partial charge in [0.25, 0.3) is 0 Å². The van der Waals surface area contributed by atoms with Crippen molar-refractivity contribution in [2.45, 2.75) is 64.0 Å². The van der Waals surface area contributed by atoms with Crippen LogP contribution in [0.15, 0.2) is 0 Å². The third-order valence-electron chi connectivity index (χ3n) is 5.18. The standard InChI is InChI=1S/C15H25N5/c1-4-13-9(2)17-14(18-15(13)19-16)10-7-11-5-6-12(8-10)20(11)3/h10-12H,4-8,16H2,1-3H3,(H,17,18,19). The molecule has 2 unspecified atom stereocenters. The summed E-state index contributed by atoms with van der Waals surface area (Å²) in [6.07, 6.45) is 5.92. The first-order chi connectivity index (χ1) is 9.63. The fraction of sp³-hybridized carbons (Fsp3) is 0.733. The average Bonchev–Trinajstić information content (AvgIpc) is 2.67. The summed E-state index contributed by atoms with van der Waals surface area (Å²) in [5.74, 6) is 7.91. The highest BCUT2D eigenvalue weighted by Gasteiger charge is 2.40. The lowest BCUT2D eigenvalue weighted by Crippen LogP contribution is -2.39. The van der Waals surface area contributed by atoms with Gasteiger partial charge in [0.1, 0.15) is 11.6 Å². The van der Waals surface area contributed by atoms with Gasteiger partial charge in [0.05, 0.1) is 0 Å². The van der Waals surface area contributed by atoms with Crippen molar-refractivity contribution in [3.8, 4) is 0 Å². The summed E-state index contributed by atoms with van der Waals surface area (Å²) in [6, 6.07) is 1.42. The molecule has 1 aromatic heterocycles. The Morgan fingerprint density at radius 1 is 1.25 bits per heavy atom. The lowest BCUT2D eigenvalue weighted by molar-refractivity contribution is 0.159. The molecule has 20 heavy (non-hydrogen) atoms. The second kappa shape index (κ2) is 5.30. The molecule has 2 aliphatic rings. The Kier molecular flexibility index (Phi) is 3.65. The Labute approximate surface area is 120 Å². The van der Waals surface area contributed by atoms with E-state index in [1.165, 1.54) is 25.7 Å². The molecule has 3 N–H and O–H groups in total. The van der Waals surface area contributed by atoms with Crippen molar-refractivity contribution >= 4 is 5.82 Å². The smallest absolute Gasteiger partial charge is 0.147 e. The van der Waals surface area contributed by atoms with Gasteiger partial charge < -0.3 is 10.3 Å². The van der Waals surface area contributed by atoms with E-state index in [4.69, 9.17) is 15.8 Å². The van der Waals surface area contributed by atoms with Crippen LogP contribution in [0.1, 0.15) is 55.6 Å². The maximum absolute atomic E-state index is 5.63. The van der Waals surface area contributed by atoms with Crippen molar-refractivity contribution in [1.82, 2.24) is 14.9 Å². The van der Waals surface area contributed by atoms with E-state index in [0.717, 1.165) is 29.3 Å².